The Morgan fingerprint density at radius 2 is 1.62 bits per heavy atom. The van der Waals surface area contributed by atoms with Crippen LogP contribution in [0, 0.1) is 0 Å². The van der Waals surface area contributed by atoms with Gasteiger partial charge in [0.25, 0.3) is 0 Å². The summed E-state index contributed by atoms with van der Waals surface area (Å²) in [6, 6.07) is 0. The van der Waals surface area contributed by atoms with E-state index in [1.807, 2.05) is 0 Å². The van der Waals surface area contributed by atoms with Crippen molar-refractivity contribution in [3.05, 3.63) is 0 Å². The van der Waals surface area contributed by atoms with E-state index in [1.165, 1.54) is 0 Å². The van der Waals surface area contributed by atoms with Crippen LogP contribution >= 0.6 is 0 Å². The SMILES string of the molecule is O=C(CO)[C@@H](O)[C@H](O)[C@H](O)CO.[Cu]. The zero-order valence-corrected chi connectivity index (χ0v) is 7.53. The second kappa shape index (κ2) is 7.40. The van der Waals surface area contributed by atoms with Crippen LogP contribution in [0.15, 0.2) is 0 Å². The Bertz CT molecular complexity index is 152. The molecule has 0 aliphatic heterocycles. The predicted molar refractivity (Wildman–Crippen MR) is 37.2 cm³/mol. The van der Waals surface area contributed by atoms with Gasteiger partial charge in [-0.3, -0.25) is 4.79 Å². The second-order valence-electron chi connectivity index (χ2n) is 2.31. The van der Waals surface area contributed by atoms with Gasteiger partial charge in [0.15, 0.2) is 5.78 Å². The summed E-state index contributed by atoms with van der Waals surface area (Å²) in [5.74, 6) is -1.00. The van der Waals surface area contributed by atoms with Crippen molar-refractivity contribution in [2.24, 2.45) is 0 Å². The molecule has 0 saturated carbocycles. The van der Waals surface area contributed by atoms with Gasteiger partial charge in [-0.15, -0.1) is 0 Å². The number of carbonyl (C=O) groups is 1. The van der Waals surface area contributed by atoms with Crippen molar-refractivity contribution in [2.45, 2.75) is 18.3 Å². The molecule has 0 amide bonds. The average molecular weight is 244 g/mol. The molecule has 6 nitrogen and oxygen atoms in total. The molecule has 0 aromatic carbocycles. The van der Waals surface area contributed by atoms with Gasteiger partial charge in [-0.25, -0.2) is 0 Å². The molecule has 0 unspecified atom stereocenters. The largest absolute Gasteiger partial charge is 0.394 e. The monoisotopic (exact) mass is 243 g/mol. The standard InChI is InChI=1S/C6H12O6.Cu/c7-1-3(9)5(11)6(12)4(10)2-8;/h3,5-9,11-12H,1-2H2;/t3-,5-,6-;/m1./s1. The molecule has 0 saturated heterocycles. The van der Waals surface area contributed by atoms with Crippen molar-refractivity contribution < 1.29 is 47.4 Å². The fourth-order valence-electron chi connectivity index (χ4n) is 0.602. The third-order valence-electron chi connectivity index (χ3n) is 1.39. The Morgan fingerprint density at radius 1 is 1.15 bits per heavy atom. The summed E-state index contributed by atoms with van der Waals surface area (Å²) in [5, 5.41) is 43.1. The van der Waals surface area contributed by atoms with Crippen molar-refractivity contribution in [3.8, 4) is 0 Å². The van der Waals surface area contributed by atoms with E-state index < -0.39 is 37.3 Å². The van der Waals surface area contributed by atoms with Crippen LogP contribution in [-0.4, -0.2) is 62.8 Å². The van der Waals surface area contributed by atoms with Crippen LogP contribution in [-0.2, 0) is 21.9 Å². The number of aliphatic hydroxyl groups excluding tert-OH is 5. The van der Waals surface area contributed by atoms with Crippen LogP contribution in [0.1, 0.15) is 0 Å². The van der Waals surface area contributed by atoms with E-state index in [-0.39, 0.29) is 17.1 Å². The Labute approximate surface area is 85.3 Å². The van der Waals surface area contributed by atoms with Crippen LogP contribution in [0.5, 0.6) is 0 Å². The van der Waals surface area contributed by atoms with Crippen LogP contribution in [0.3, 0.4) is 0 Å². The van der Waals surface area contributed by atoms with Crippen LogP contribution in [0.25, 0.3) is 0 Å². The molecule has 0 bridgehead atoms. The molecule has 0 aromatic heterocycles. The summed E-state index contributed by atoms with van der Waals surface area (Å²) in [6.45, 7) is -1.69. The molecule has 0 fully saturated rings. The van der Waals surface area contributed by atoms with E-state index in [0.29, 0.717) is 0 Å². The molecular formula is C6H12CuO6. The molecule has 13 heavy (non-hydrogen) atoms. The number of hydrogen-bond donors (Lipinski definition) is 5. The molecule has 0 aliphatic rings. The maximum absolute atomic E-state index is 10.5. The van der Waals surface area contributed by atoms with Crippen LogP contribution in [0.2, 0.25) is 0 Å². The van der Waals surface area contributed by atoms with E-state index in [0.717, 1.165) is 0 Å². The quantitative estimate of drug-likeness (QED) is 0.322. The first-order chi connectivity index (χ1) is 5.54. The van der Waals surface area contributed by atoms with E-state index in [9.17, 15) is 4.79 Å². The van der Waals surface area contributed by atoms with Crippen LogP contribution < -0.4 is 0 Å². The fourth-order valence-corrected chi connectivity index (χ4v) is 0.602. The average Bonchev–Trinajstić information content (AvgIpc) is 2.12. The zero-order chi connectivity index (χ0) is 9.72. The second-order valence-corrected chi connectivity index (χ2v) is 2.31. The number of hydrogen-bond acceptors (Lipinski definition) is 6. The summed E-state index contributed by atoms with van der Waals surface area (Å²) in [4.78, 5) is 10.5. The zero-order valence-electron chi connectivity index (χ0n) is 6.59. The molecule has 1 radical (unpaired) electrons. The van der Waals surface area contributed by atoms with Gasteiger partial charge in [0.05, 0.1) is 6.61 Å². The Hall–Kier alpha value is -0.0105. The van der Waals surface area contributed by atoms with Gasteiger partial charge >= 0.3 is 0 Å². The minimum Gasteiger partial charge on any atom is -0.394 e. The van der Waals surface area contributed by atoms with Gasteiger partial charge in [0, 0.05) is 17.1 Å². The first-order valence-corrected chi connectivity index (χ1v) is 3.33. The summed E-state index contributed by atoms with van der Waals surface area (Å²) in [7, 11) is 0. The normalized spacial score (nSPS) is 17.0. The van der Waals surface area contributed by atoms with Gasteiger partial charge in [0.1, 0.15) is 24.9 Å². The fraction of sp³-hybridized carbons (Fsp3) is 0.833. The molecule has 0 rings (SSSR count). The van der Waals surface area contributed by atoms with E-state index in [1.54, 1.807) is 0 Å². The number of ketones is 1. The van der Waals surface area contributed by atoms with Crippen molar-refractivity contribution in [1.29, 1.82) is 0 Å². The summed E-state index contributed by atoms with van der Waals surface area (Å²) in [5.41, 5.74) is 0. The van der Waals surface area contributed by atoms with Crippen LogP contribution in [0.4, 0.5) is 0 Å². The first-order valence-electron chi connectivity index (χ1n) is 3.33. The van der Waals surface area contributed by atoms with Gasteiger partial charge in [-0.05, 0) is 0 Å². The molecule has 7 heteroatoms. The molecule has 0 heterocycles. The molecular weight excluding hydrogens is 232 g/mol. The van der Waals surface area contributed by atoms with Crippen molar-refractivity contribution in [3.63, 3.8) is 0 Å². The number of aliphatic hydroxyl groups is 5. The minimum absolute atomic E-state index is 0. The molecule has 5 N–H and O–H groups in total. The molecule has 83 valence electrons. The van der Waals surface area contributed by atoms with E-state index in [4.69, 9.17) is 25.5 Å². The molecule has 0 aromatic rings. The predicted octanol–water partition coefficient (Wildman–Crippen LogP) is -3.38. The maximum Gasteiger partial charge on any atom is 0.189 e. The summed E-state index contributed by atoms with van der Waals surface area (Å²) >= 11 is 0. The number of carbonyl (C=O) groups excluding carboxylic acids is 1. The van der Waals surface area contributed by atoms with E-state index in [2.05, 4.69) is 0 Å². The Kier molecular flexibility index (Phi) is 8.80. The Balaban J connectivity index is 0. The van der Waals surface area contributed by atoms with Gasteiger partial charge in [0.2, 0.25) is 0 Å². The van der Waals surface area contributed by atoms with Crippen molar-refractivity contribution in [2.75, 3.05) is 13.2 Å². The Morgan fingerprint density at radius 3 is 1.92 bits per heavy atom. The summed E-state index contributed by atoms with van der Waals surface area (Å²) < 4.78 is 0. The number of rotatable bonds is 5. The minimum atomic E-state index is -1.86. The van der Waals surface area contributed by atoms with Gasteiger partial charge < -0.3 is 25.5 Å². The molecule has 0 aliphatic carbocycles. The third kappa shape index (κ3) is 4.68. The van der Waals surface area contributed by atoms with E-state index >= 15 is 0 Å². The van der Waals surface area contributed by atoms with Crippen molar-refractivity contribution in [1.82, 2.24) is 0 Å². The molecule has 3 atom stereocenters. The van der Waals surface area contributed by atoms with Crippen molar-refractivity contribution >= 4 is 5.78 Å². The molecule has 0 spiro atoms. The van der Waals surface area contributed by atoms with Gasteiger partial charge in [-0.1, -0.05) is 0 Å². The first kappa shape index (κ1) is 15.5. The smallest absolute Gasteiger partial charge is 0.189 e. The van der Waals surface area contributed by atoms with Gasteiger partial charge in [-0.2, -0.15) is 0 Å². The maximum atomic E-state index is 10.5. The summed E-state index contributed by atoms with van der Waals surface area (Å²) in [6.07, 6.45) is -5.22. The third-order valence-corrected chi connectivity index (χ3v) is 1.39. The number of Topliss-reactive ketones (excluding diaryl/α,β-unsaturated/α-hetero) is 1. The topological polar surface area (TPSA) is 118 Å².